The van der Waals surface area contributed by atoms with Gasteiger partial charge in [-0.05, 0) is 36.5 Å². The number of halogens is 2. The summed E-state index contributed by atoms with van der Waals surface area (Å²) in [6.45, 7) is 0. The number of benzene rings is 1. The van der Waals surface area contributed by atoms with E-state index in [0.717, 1.165) is 8.95 Å². The molecule has 76 valence electrons. The van der Waals surface area contributed by atoms with Crippen LogP contribution < -0.4 is 11.3 Å². The summed E-state index contributed by atoms with van der Waals surface area (Å²) >= 11 is 7.00. The number of hydrazine groups is 1. The van der Waals surface area contributed by atoms with Gasteiger partial charge in [0.25, 0.3) is 0 Å². The maximum atomic E-state index is 5.57. The average Bonchev–Trinajstić information content (AvgIpc) is 2.93. The molecule has 0 bridgehead atoms. The molecule has 1 aromatic carbocycles. The zero-order valence-electron chi connectivity index (χ0n) is 7.63. The SMILES string of the molecule is NNC(c1ccc(Br)cc1Br)C1CC1. The van der Waals surface area contributed by atoms with Crippen molar-refractivity contribution in [1.82, 2.24) is 5.43 Å². The second-order valence-corrected chi connectivity index (χ2v) is 5.42. The number of hydrogen-bond acceptors (Lipinski definition) is 2. The predicted octanol–water partition coefficient (Wildman–Crippen LogP) is 3.13. The smallest absolute Gasteiger partial charge is 0.0499 e. The molecule has 0 aromatic heterocycles. The molecule has 0 spiro atoms. The minimum Gasteiger partial charge on any atom is -0.271 e. The Morgan fingerprint density at radius 2 is 2.07 bits per heavy atom. The van der Waals surface area contributed by atoms with Crippen molar-refractivity contribution in [3.8, 4) is 0 Å². The molecule has 1 fully saturated rings. The standard InChI is InChI=1S/C10H12Br2N2/c11-7-3-4-8(9(12)5-7)10(14-13)6-1-2-6/h3-6,10,14H,1-2,13H2. The summed E-state index contributed by atoms with van der Waals surface area (Å²) in [5.41, 5.74) is 4.14. The molecular weight excluding hydrogens is 308 g/mol. The van der Waals surface area contributed by atoms with Crippen LogP contribution in [-0.4, -0.2) is 0 Å². The van der Waals surface area contributed by atoms with Crippen molar-refractivity contribution in [2.45, 2.75) is 18.9 Å². The van der Waals surface area contributed by atoms with Gasteiger partial charge in [0.15, 0.2) is 0 Å². The predicted molar refractivity (Wildman–Crippen MR) is 64.6 cm³/mol. The molecule has 0 saturated heterocycles. The third-order valence-electron chi connectivity index (χ3n) is 2.57. The largest absolute Gasteiger partial charge is 0.271 e. The molecule has 1 saturated carbocycles. The second-order valence-electron chi connectivity index (χ2n) is 3.65. The Labute approximate surface area is 100 Å². The Kier molecular flexibility index (Phi) is 3.27. The minimum absolute atomic E-state index is 0.289. The highest BCUT2D eigenvalue weighted by atomic mass is 79.9. The summed E-state index contributed by atoms with van der Waals surface area (Å²) in [7, 11) is 0. The van der Waals surface area contributed by atoms with Crippen molar-refractivity contribution in [2.75, 3.05) is 0 Å². The van der Waals surface area contributed by atoms with Gasteiger partial charge >= 0.3 is 0 Å². The first kappa shape index (κ1) is 10.6. The molecule has 4 heteroatoms. The first-order valence-electron chi connectivity index (χ1n) is 4.63. The number of nitrogens with one attached hydrogen (secondary N) is 1. The lowest BCUT2D eigenvalue weighted by Gasteiger charge is -2.17. The summed E-state index contributed by atoms with van der Waals surface area (Å²) in [4.78, 5) is 0. The van der Waals surface area contributed by atoms with Gasteiger partial charge in [-0.1, -0.05) is 37.9 Å². The van der Waals surface area contributed by atoms with E-state index in [4.69, 9.17) is 5.84 Å². The highest BCUT2D eigenvalue weighted by molar-refractivity contribution is 9.11. The van der Waals surface area contributed by atoms with Gasteiger partial charge in [-0.25, -0.2) is 0 Å². The van der Waals surface area contributed by atoms with Crippen molar-refractivity contribution in [3.05, 3.63) is 32.7 Å². The van der Waals surface area contributed by atoms with Gasteiger partial charge in [-0.2, -0.15) is 0 Å². The van der Waals surface area contributed by atoms with E-state index in [9.17, 15) is 0 Å². The lowest BCUT2D eigenvalue weighted by atomic mass is 10.0. The normalized spacial score (nSPS) is 18.2. The molecule has 14 heavy (non-hydrogen) atoms. The molecule has 0 aliphatic heterocycles. The number of hydrogen-bond donors (Lipinski definition) is 2. The number of rotatable bonds is 3. The summed E-state index contributed by atoms with van der Waals surface area (Å²) in [5.74, 6) is 6.28. The first-order valence-corrected chi connectivity index (χ1v) is 6.22. The van der Waals surface area contributed by atoms with E-state index in [1.165, 1.54) is 18.4 Å². The van der Waals surface area contributed by atoms with E-state index in [1.54, 1.807) is 0 Å². The Morgan fingerprint density at radius 1 is 1.36 bits per heavy atom. The van der Waals surface area contributed by atoms with Crippen molar-refractivity contribution < 1.29 is 0 Å². The third-order valence-corrected chi connectivity index (χ3v) is 3.75. The highest BCUT2D eigenvalue weighted by Gasteiger charge is 2.32. The van der Waals surface area contributed by atoms with Gasteiger partial charge in [0.1, 0.15) is 0 Å². The van der Waals surface area contributed by atoms with E-state index < -0.39 is 0 Å². The Hall–Kier alpha value is 0.1000. The first-order chi connectivity index (χ1) is 6.72. The molecule has 1 aromatic rings. The minimum atomic E-state index is 0.289. The lowest BCUT2D eigenvalue weighted by molar-refractivity contribution is 0.495. The fourth-order valence-electron chi connectivity index (χ4n) is 1.66. The fraction of sp³-hybridized carbons (Fsp3) is 0.400. The molecule has 1 atom stereocenters. The molecule has 0 heterocycles. The second kappa shape index (κ2) is 4.31. The van der Waals surface area contributed by atoms with Crippen LogP contribution in [0.5, 0.6) is 0 Å². The molecule has 1 unspecified atom stereocenters. The van der Waals surface area contributed by atoms with Crippen LogP contribution >= 0.6 is 31.9 Å². The third kappa shape index (κ3) is 2.19. The van der Waals surface area contributed by atoms with Gasteiger partial charge < -0.3 is 0 Å². The molecule has 0 radical (unpaired) electrons. The maximum Gasteiger partial charge on any atom is 0.0499 e. The van der Waals surface area contributed by atoms with Crippen molar-refractivity contribution in [1.29, 1.82) is 0 Å². The van der Waals surface area contributed by atoms with E-state index in [1.807, 2.05) is 6.07 Å². The van der Waals surface area contributed by atoms with Crippen LogP contribution in [-0.2, 0) is 0 Å². The Balaban J connectivity index is 2.29. The van der Waals surface area contributed by atoms with Crippen molar-refractivity contribution >= 4 is 31.9 Å². The van der Waals surface area contributed by atoms with Gasteiger partial charge in [0, 0.05) is 15.0 Å². The molecule has 1 aliphatic rings. The fourth-order valence-corrected chi connectivity index (χ4v) is 2.96. The van der Waals surface area contributed by atoms with Crippen LogP contribution in [0.3, 0.4) is 0 Å². The highest BCUT2D eigenvalue weighted by Crippen LogP contribution is 2.42. The molecule has 2 rings (SSSR count). The zero-order chi connectivity index (χ0) is 10.1. The van der Waals surface area contributed by atoms with Crippen molar-refractivity contribution in [2.24, 2.45) is 11.8 Å². The molecule has 2 nitrogen and oxygen atoms in total. The van der Waals surface area contributed by atoms with Gasteiger partial charge in [0.2, 0.25) is 0 Å². The summed E-state index contributed by atoms with van der Waals surface area (Å²) < 4.78 is 2.20. The van der Waals surface area contributed by atoms with E-state index in [2.05, 4.69) is 49.4 Å². The zero-order valence-corrected chi connectivity index (χ0v) is 10.8. The van der Waals surface area contributed by atoms with Gasteiger partial charge in [-0.15, -0.1) is 0 Å². The van der Waals surface area contributed by atoms with Crippen LogP contribution in [0.15, 0.2) is 27.1 Å². The topological polar surface area (TPSA) is 38.0 Å². The summed E-state index contributed by atoms with van der Waals surface area (Å²) in [6.07, 6.45) is 2.55. The number of nitrogens with two attached hydrogens (primary N) is 1. The van der Waals surface area contributed by atoms with Gasteiger partial charge in [-0.3, -0.25) is 11.3 Å². The van der Waals surface area contributed by atoms with Gasteiger partial charge in [0.05, 0.1) is 0 Å². The summed E-state index contributed by atoms with van der Waals surface area (Å²) in [5, 5.41) is 0. The Morgan fingerprint density at radius 3 is 2.57 bits per heavy atom. The molecule has 3 N–H and O–H groups in total. The van der Waals surface area contributed by atoms with Crippen LogP contribution in [0.25, 0.3) is 0 Å². The van der Waals surface area contributed by atoms with Crippen LogP contribution in [0.2, 0.25) is 0 Å². The van der Waals surface area contributed by atoms with E-state index in [0.29, 0.717) is 5.92 Å². The quantitative estimate of drug-likeness (QED) is 0.663. The maximum absolute atomic E-state index is 5.57. The molecular formula is C10H12Br2N2. The van der Waals surface area contributed by atoms with Crippen LogP contribution in [0.1, 0.15) is 24.4 Å². The van der Waals surface area contributed by atoms with E-state index >= 15 is 0 Å². The average molecular weight is 320 g/mol. The molecule has 1 aliphatic carbocycles. The lowest BCUT2D eigenvalue weighted by Crippen LogP contribution is -2.29. The monoisotopic (exact) mass is 318 g/mol. The summed E-state index contributed by atoms with van der Waals surface area (Å²) in [6, 6.07) is 6.50. The van der Waals surface area contributed by atoms with Crippen LogP contribution in [0.4, 0.5) is 0 Å². The van der Waals surface area contributed by atoms with Crippen molar-refractivity contribution in [3.63, 3.8) is 0 Å². The van der Waals surface area contributed by atoms with Crippen LogP contribution in [0, 0.1) is 5.92 Å². The van der Waals surface area contributed by atoms with E-state index in [-0.39, 0.29) is 6.04 Å². The molecule has 0 amide bonds. The Bertz CT molecular complexity index is 337.